The summed E-state index contributed by atoms with van der Waals surface area (Å²) in [5.74, 6) is 0.855. The van der Waals surface area contributed by atoms with Gasteiger partial charge in [0.15, 0.2) is 0 Å². The van der Waals surface area contributed by atoms with E-state index in [1.165, 1.54) is 5.56 Å². The predicted octanol–water partition coefficient (Wildman–Crippen LogP) is 3.86. The standard InChI is InChI=1S/C18H23N3O/c1-2-3-13-19-17-11-10-16(14-20-17)21-18(22)12-9-15-7-5-4-6-8-15/h4-8,10-11,14H,2-3,9,12-13H2,1H3,(H,19,20)(H,21,22). The number of hydrogen-bond donors (Lipinski definition) is 2. The SMILES string of the molecule is CCCCNc1ccc(NC(=O)CCc2ccccc2)cn1. The molecule has 0 aliphatic heterocycles. The Morgan fingerprint density at radius 1 is 1.14 bits per heavy atom. The van der Waals surface area contributed by atoms with Gasteiger partial charge in [-0.05, 0) is 30.5 Å². The van der Waals surface area contributed by atoms with E-state index in [9.17, 15) is 4.79 Å². The highest BCUT2D eigenvalue weighted by atomic mass is 16.1. The molecule has 0 fully saturated rings. The molecule has 2 rings (SSSR count). The summed E-state index contributed by atoms with van der Waals surface area (Å²) in [5.41, 5.74) is 1.91. The van der Waals surface area contributed by atoms with E-state index in [2.05, 4.69) is 22.5 Å². The van der Waals surface area contributed by atoms with Crippen LogP contribution in [0, 0.1) is 0 Å². The summed E-state index contributed by atoms with van der Waals surface area (Å²) in [4.78, 5) is 16.2. The Bertz CT molecular complexity index is 567. The maximum Gasteiger partial charge on any atom is 0.224 e. The number of hydrogen-bond acceptors (Lipinski definition) is 3. The van der Waals surface area contributed by atoms with E-state index < -0.39 is 0 Å². The molecule has 4 heteroatoms. The van der Waals surface area contributed by atoms with E-state index in [4.69, 9.17) is 0 Å². The minimum absolute atomic E-state index is 0.0114. The minimum Gasteiger partial charge on any atom is -0.370 e. The quantitative estimate of drug-likeness (QED) is 0.727. The van der Waals surface area contributed by atoms with Gasteiger partial charge in [0, 0.05) is 13.0 Å². The second-order valence-corrected chi connectivity index (χ2v) is 5.25. The Hall–Kier alpha value is -2.36. The van der Waals surface area contributed by atoms with Crippen LogP contribution in [0.25, 0.3) is 0 Å². The Balaban J connectivity index is 1.76. The molecular weight excluding hydrogens is 274 g/mol. The van der Waals surface area contributed by atoms with Gasteiger partial charge in [0.2, 0.25) is 5.91 Å². The van der Waals surface area contributed by atoms with E-state index in [1.807, 2.05) is 42.5 Å². The summed E-state index contributed by atoms with van der Waals surface area (Å²) in [6, 6.07) is 13.8. The fourth-order valence-corrected chi connectivity index (χ4v) is 2.09. The van der Waals surface area contributed by atoms with Crippen LogP contribution in [0.1, 0.15) is 31.7 Å². The Kier molecular flexibility index (Phi) is 6.42. The lowest BCUT2D eigenvalue weighted by Gasteiger charge is -2.07. The summed E-state index contributed by atoms with van der Waals surface area (Å²) in [5, 5.41) is 6.13. The van der Waals surface area contributed by atoms with Crippen LogP contribution in [0.15, 0.2) is 48.7 Å². The summed E-state index contributed by atoms with van der Waals surface area (Å²) in [6.45, 7) is 3.08. The first-order chi connectivity index (χ1) is 10.8. The van der Waals surface area contributed by atoms with E-state index >= 15 is 0 Å². The van der Waals surface area contributed by atoms with Crippen LogP contribution in [0.3, 0.4) is 0 Å². The Morgan fingerprint density at radius 3 is 2.64 bits per heavy atom. The highest BCUT2D eigenvalue weighted by molar-refractivity contribution is 5.90. The van der Waals surface area contributed by atoms with Gasteiger partial charge in [-0.3, -0.25) is 4.79 Å². The Labute approximate surface area is 132 Å². The molecule has 1 aromatic carbocycles. The first-order valence-corrected chi connectivity index (χ1v) is 7.81. The van der Waals surface area contributed by atoms with Gasteiger partial charge in [-0.1, -0.05) is 43.7 Å². The number of aryl methyl sites for hydroxylation is 1. The van der Waals surface area contributed by atoms with Crippen LogP contribution >= 0.6 is 0 Å². The smallest absolute Gasteiger partial charge is 0.224 e. The third kappa shape index (κ3) is 5.56. The van der Waals surface area contributed by atoms with Crippen molar-refractivity contribution in [1.29, 1.82) is 0 Å². The van der Waals surface area contributed by atoms with Crippen molar-refractivity contribution in [2.75, 3.05) is 17.2 Å². The van der Waals surface area contributed by atoms with Gasteiger partial charge in [0.05, 0.1) is 11.9 Å². The molecule has 0 saturated carbocycles. The van der Waals surface area contributed by atoms with E-state index in [-0.39, 0.29) is 5.91 Å². The van der Waals surface area contributed by atoms with Gasteiger partial charge in [-0.25, -0.2) is 4.98 Å². The topological polar surface area (TPSA) is 54.0 Å². The number of aromatic nitrogens is 1. The largest absolute Gasteiger partial charge is 0.370 e. The number of carbonyl (C=O) groups excluding carboxylic acids is 1. The first-order valence-electron chi connectivity index (χ1n) is 7.81. The number of unbranched alkanes of at least 4 members (excludes halogenated alkanes) is 1. The monoisotopic (exact) mass is 297 g/mol. The normalized spacial score (nSPS) is 10.2. The highest BCUT2D eigenvalue weighted by Gasteiger charge is 2.03. The number of benzene rings is 1. The molecule has 0 unspecified atom stereocenters. The average molecular weight is 297 g/mol. The number of carbonyl (C=O) groups is 1. The molecule has 0 aliphatic carbocycles. The van der Waals surface area contributed by atoms with Crippen LogP contribution < -0.4 is 10.6 Å². The lowest BCUT2D eigenvalue weighted by molar-refractivity contribution is -0.116. The molecule has 4 nitrogen and oxygen atoms in total. The molecule has 0 radical (unpaired) electrons. The van der Waals surface area contributed by atoms with Gasteiger partial charge in [-0.15, -0.1) is 0 Å². The zero-order valence-corrected chi connectivity index (χ0v) is 13.0. The molecule has 22 heavy (non-hydrogen) atoms. The fraction of sp³-hybridized carbons (Fsp3) is 0.333. The molecule has 0 atom stereocenters. The summed E-state index contributed by atoms with van der Waals surface area (Å²) in [6.07, 6.45) is 5.19. The maximum atomic E-state index is 11.9. The van der Waals surface area contributed by atoms with Crippen molar-refractivity contribution in [1.82, 2.24) is 4.98 Å². The van der Waals surface area contributed by atoms with E-state index in [1.54, 1.807) is 6.20 Å². The summed E-state index contributed by atoms with van der Waals surface area (Å²) >= 11 is 0. The van der Waals surface area contributed by atoms with Crippen LogP contribution in [-0.2, 0) is 11.2 Å². The van der Waals surface area contributed by atoms with Crippen LogP contribution in [0.5, 0.6) is 0 Å². The van der Waals surface area contributed by atoms with Crippen molar-refractivity contribution in [3.63, 3.8) is 0 Å². The molecule has 2 aromatic rings. The Morgan fingerprint density at radius 2 is 1.95 bits per heavy atom. The van der Waals surface area contributed by atoms with Gasteiger partial charge in [0.1, 0.15) is 5.82 Å². The van der Waals surface area contributed by atoms with Crippen LogP contribution in [-0.4, -0.2) is 17.4 Å². The van der Waals surface area contributed by atoms with Crippen molar-refractivity contribution in [2.24, 2.45) is 0 Å². The molecule has 2 N–H and O–H groups in total. The number of nitrogens with one attached hydrogen (secondary N) is 2. The molecule has 1 amide bonds. The van der Waals surface area contributed by atoms with Crippen molar-refractivity contribution in [3.05, 3.63) is 54.2 Å². The van der Waals surface area contributed by atoms with Crippen molar-refractivity contribution < 1.29 is 4.79 Å². The summed E-state index contributed by atoms with van der Waals surface area (Å²) < 4.78 is 0. The zero-order valence-electron chi connectivity index (χ0n) is 13.0. The molecular formula is C18H23N3O. The predicted molar refractivity (Wildman–Crippen MR) is 91.0 cm³/mol. The van der Waals surface area contributed by atoms with Crippen molar-refractivity contribution in [2.45, 2.75) is 32.6 Å². The molecule has 0 saturated heterocycles. The summed E-state index contributed by atoms with van der Waals surface area (Å²) in [7, 11) is 0. The number of amides is 1. The van der Waals surface area contributed by atoms with Crippen LogP contribution in [0.2, 0.25) is 0 Å². The minimum atomic E-state index is 0.0114. The molecule has 0 bridgehead atoms. The number of nitrogens with zero attached hydrogens (tertiary/aromatic N) is 1. The second kappa shape index (κ2) is 8.82. The van der Waals surface area contributed by atoms with Crippen molar-refractivity contribution >= 4 is 17.4 Å². The van der Waals surface area contributed by atoms with E-state index in [0.717, 1.165) is 37.3 Å². The van der Waals surface area contributed by atoms with E-state index in [0.29, 0.717) is 6.42 Å². The highest BCUT2D eigenvalue weighted by Crippen LogP contribution is 2.11. The third-order valence-corrected chi connectivity index (χ3v) is 3.37. The third-order valence-electron chi connectivity index (χ3n) is 3.37. The molecule has 1 aromatic heterocycles. The van der Waals surface area contributed by atoms with Crippen molar-refractivity contribution in [3.8, 4) is 0 Å². The molecule has 1 heterocycles. The number of pyridine rings is 1. The van der Waals surface area contributed by atoms with Gasteiger partial charge >= 0.3 is 0 Å². The van der Waals surface area contributed by atoms with Crippen LogP contribution in [0.4, 0.5) is 11.5 Å². The van der Waals surface area contributed by atoms with Gasteiger partial charge in [-0.2, -0.15) is 0 Å². The zero-order chi connectivity index (χ0) is 15.6. The maximum absolute atomic E-state index is 11.9. The average Bonchev–Trinajstić information content (AvgIpc) is 2.56. The molecule has 116 valence electrons. The second-order valence-electron chi connectivity index (χ2n) is 5.25. The van der Waals surface area contributed by atoms with Gasteiger partial charge < -0.3 is 10.6 Å². The first kappa shape index (κ1) is 16.0. The lowest BCUT2D eigenvalue weighted by Crippen LogP contribution is -2.12. The lowest BCUT2D eigenvalue weighted by atomic mass is 10.1. The van der Waals surface area contributed by atoms with Gasteiger partial charge in [0.25, 0.3) is 0 Å². The number of rotatable bonds is 8. The molecule has 0 aliphatic rings. The number of anilines is 2. The fourth-order valence-electron chi connectivity index (χ4n) is 2.09. The molecule has 0 spiro atoms.